The summed E-state index contributed by atoms with van der Waals surface area (Å²) in [5.41, 5.74) is 3.17. The maximum atomic E-state index is 12.4. The average Bonchev–Trinajstić information content (AvgIpc) is 3.20. The Morgan fingerprint density at radius 3 is 2.78 bits per heavy atom. The summed E-state index contributed by atoms with van der Waals surface area (Å²) in [4.78, 5) is 2.01. The number of fused-ring (bicyclic) bond motifs is 1. The molecule has 7 nitrogen and oxygen atoms in total. The highest BCUT2D eigenvalue weighted by Crippen LogP contribution is 2.21. The van der Waals surface area contributed by atoms with E-state index in [0.717, 1.165) is 36.0 Å². The monoisotopic (exact) mass is 458 g/mol. The van der Waals surface area contributed by atoms with Gasteiger partial charge in [-0.15, -0.1) is 4.57 Å². The molecule has 0 aliphatic carbocycles. The summed E-state index contributed by atoms with van der Waals surface area (Å²) in [7, 11) is -1.72. The second-order valence-corrected chi connectivity index (χ2v) is 9.46. The molecule has 1 aromatic heterocycles. The highest BCUT2D eigenvalue weighted by atomic mass is 32.2. The lowest BCUT2D eigenvalue weighted by atomic mass is 10.2. The molecular formula is C24H32N3O4S+. The van der Waals surface area contributed by atoms with Crippen LogP contribution < -0.4 is 14.2 Å². The molecule has 0 unspecified atom stereocenters. The van der Waals surface area contributed by atoms with Crippen molar-refractivity contribution in [3.05, 3.63) is 61.1 Å². The molecule has 0 saturated heterocycles. The Labute approximate surface area is 190 Å². The summed E-state index contributed by atoms with van der Waals surface area (Å²) in [6.07, 6.45) is 9.21. The number of oxazole rings is 1. The van der Waals surface area contributed by atoms with Gasteiger partial charge in [-0.1, -0.05) is 44.4 Å². The molecule has 0 atom stereocenters. The van der Waals surface area contributed by atoms with Crippen molar-refractivity contribution in [2.45, 2.75) is 32.6 Å². The van der Waals surface area contributed by atoms with Crippen LogP contribution in [0.2, 0.25) is 0 Å². The Hall–Kier alpha value is -2.84. The van der Waals surface area contributed by atoms with Crippen molar-refractivity contribution < 1.29 is 22.1 Å². The third-order valence-corrected chi connectivity index (χ3v) is 6.47. The number of aromatic nitrogens is 1. The second kappa shape index (κ2) is 11.7. The van der Waals surface area contributed by atoms with Gasteiger partial charge in [0.1, 0.15) is 0 Å². The summed E-state index contributed by atoms with van der Waals surface area (Å²) >= 11 is 0. The minimum atomic E-state index is -3.37. The number of ether oxygens (including phenoxy) is 1. The fourth-order valence-corrected chi connectivity index (χ4v) is 4.56. The molecule has 2 aromatic carbocycles. The predicted octanol–water partition coefficient (Wildman–Crippen LogP) is 4.62. The zero-order valence-corrected chi connectivity index (χ0v) is 19.6. The van der Waals surface area contributed by atoms with Crippen molar-refractivity contribution in [1.29, 1.82) is 0 Å². The third-order valence-electron chi connectivity index (χ3n) is 5.10. The zero-order chi connectivity index (χ0) is 22.8. The highest BCUT2D eigenvalue weighted by molar-refractivity contribution is 7.92. The van der Waals surface area contributed by atoms with E-state index < -0.39 is 10.0 Å². The van der Waals surface area contributed by atoms with Crippen molar-refractivity contribution in [1.82, 2.24) is 0 Å². The van der Waals surface area contributed by atoms with Crippen LogP contribution in [-0.4, -0.2) is 34.4 Å². The van der Waals surface area contributed by atoms with Crippen LogP contribution in [0, 0.1) is 0 Å². The first-order chi connectivity index (χ1) is 15.5. The Balaban J connectivity index is 1.76. The van der Waals surface area contributed by atoms with Gasteiger partial charge in [-0.2, -0.15) is 0 Å². The number of nitrogens with zero attached hydrogens (tertiary/aromatic N) is 2. The van der Waals surface area contributed by atoms with E-state index in [1.807, 2.05) is 64.3 Å². The van der Waals surface area contributed by atoms with Crippen LogP contribution in [0.25, 0.3) is 17.3 Å². The van der Waals surface area contributed by atoms with Crippen molar-refractivity contribution in [3.63, 3.8) is 0 Å². The molecular weight excluding hydrogens is 426 g/mol. The van der Waals surface area contributed by atoms with Crippen LogP contribution in [0.3, 0.4) is 0 Å². The Morgan fingerprint density at radius 2 is 1.97 bits per heavy atom. The lowest BCUT2D eigenvalue weighted by Crippen LogP contribution is -2.27. The standard InChI is InChI=1S/C24H32N3O4S/c1-3-4-5-8-18-32(28,29)25-21-10-9-11-22(19-21)26(16-17-30-2)14-15-27-20-31-24-13-7-6-12-23(24)27/h6-7,9-15,19-20,25H,3-5,8,16-18H2,1-2H3/q+1. The fraction of sp³-hybridized carbons (Fsp3) is 0.375. The first-order valence-corrected chi connectivity index (χ1v) is 12.6. The molecule has 0 spiro atoms. The molecule has 3 aromatic rings. The fourth-order valence-electron chi connectivity index (χ4n) is 3.39. The highest BCUT2D eigenvalue weighted by Gasteiger charge is 2.13. The van der Waals surface area contributed by atoms with Crippen LogP contribution in [-0.2, 0) is 14.8 Å². The number of hydrogen-bond donors (Lipinski definition) is 1. The van der Waals surface area contributed by atoms with Crippen molar-refractivity contribution in [2.24, 2.45) is 0 Å². The van der Waals surface area contributed by atoms with Crippen LogP contribution in [0.4, 0.5) is 11.4 Å². The number of methoxy groups -OCH3 is 1. The first-order valence-electron chi connectivity index (χ1n) is 10.9. The number of anilines is 2. The molecule has 32 heavy (non-hydrogen) atoms. The molecule has 0 bridgehead atoms. The molecule has 0 aliphatic heterocycles. The maximum Gasteiger partial charge on any atom is 0.341 e. The van der Waals surface area contributed by atoms with E-state index in [2.05, 4.69) is 11.6 Å². The van der Waals surface area contributed by atoms with Gasteiger partial charge in [-0.25, -0.2) is 8.42 Å². The zero-order valence-electron chi connectivity index (χ0n) is 18.7. The molecule has 1 heterocycles. The first kappa shape index (κ1) is 23.8. The lowest BCUT2D eigenvalue weighted by Gasteiger charge is -2.20. The van der Waals surface area contributed by atoms with E-state index in [1.165, 1.54) is 0 Å². The minimum Gasteiger partial charge on any atom is -0.403 e. The normalized spacial score (nSPS) is 11.9. The van der Waals surface area contributed by atoms with E-state index in [9.17, 15) is 8.42 Å². The number of sulfonamides is 1. The van der Waals surface area contributed by atoms with Crippen molar-refractivity contribution in [2.75, 3.05) is 35.6 Å². The van der Waals surface area contributed by atoms with Gasteiger partial charge in [0.15, 0.2) is 6.20 Å². The summed E-state index contributed by atoms with van der Waals surface area (Å²) in [6.45, 7) is 3.24. The van der Waals surface area contributed by atoms with Crippen LogP contribution in [0.15, 0.2) is 65.5 Å². The van der Waals surface area contributed by atoms with Gasteiger partial charge in [-0.05, 0) is 30.7 Å². The number of hydrogen-bond acceptors (Lipinski definition) is 5. The number of para-hydroxylation sites is 2. The van der Waals surface area contributed by atoms with E-state index in [1.54, 1.807) is 19.6 Å². The molecule has 172 valence electrons. The summed E-state index contributed by atoms with van der Waals surface area (Å²) in [5, 5.41) is 0. The number of unbranched alkanes of at least 4 members (excludes halogenated alkanes) is 3. The second-order valence-electron chi connectivity index (χ2n) is 7.61. The third kappa shape index (κ3) is 6.83. The number of nitrogens with one attached hydrogen (secondary N) is 1. The summed E-state index contributed by atoms with van der Waals surface area (Å²) in [6, 6.07) is 15.2. The van der Waals surface area contributed by atoms with Gasteiger partial charge in [0.05, 0.1) is 24.2 Å². The van der Waals surface area contributed by atoms with E-state index >= 15 is 0 Å². The Morgan fingerprint density at radius 1 is 1.12 bits per heavy atom. The van der Waals surface area contributed by atoms with Crippen LogP contribution in [0.5, 0.6) is 0 Å². The molecule has 0 amide bonds. The van der Waals surface area contributed by atoms with Gasteiger partial charge in [0, 0.05) is 25.4 Å². The number of benzene rings is 2. The smallest absolute Gasteiger partial charge is 0.341 e. The Kier molecular flexibility index (Phi) is 8.70. The van der Waals surface area contributed by atoms with E-state index in [-0.39, 0.29) is 5.75 Å². The maximum absolute atomic E-state index is 12.4. The van der Waals surface area contributed by atoms with E-state index in [0.29, 0.717) is 25.3 Å². The predicted molar refractivity (Wildman–Crippen MR) is 129 cm³/mol. The molecule has 3 rings (SSSR count). The van der Waals surface area contributed by atoms with Crippen molar-refractivity contribution in [3.8, 4) is 0 Å². The van der Waals surface area contributed by atoms with Crippen molar-refractivity contribution >= 4 is 38.7 Å². The minimum absolute atomic E-state index is 0.134. The molecule has 0 fully saturated rings. The van der Waals surface area contributed by atoms with Crippen LogP contribution in [0.1, 0.15) is 32.6 Å². The van der Waals surface area contributed by atoms with Gasteiger partial charge in [0.2, 0.25) is 15.6 Å². The van der Waals surface area contributed by atoms with Gasteiger partial charge in [-0.3, -0.25) is 4.72 Å². The van der Waals surface area contributed by atoms with Gasteiger partial charge in [0.25, 0.3) is 5.52 Å². The van der Waals surface area contributed by atoms with Crippen LogP contribution >= 0.6 is 0 Å². The number of rotatable bonds is 13. The average molecular weight is 459 g/mol. The Bertz CT molecular complexity index is 1120. The summed E-state index contributed by atoms with van der Waals surface area (Å²) < 4.78 is 40.4. The topological polar surface area (TPSA) is 75.7 Å². The molecule has 1 N–H and O–H groups in total. The van der Waals surface area contributed by atoms with E-state index in [4.69, 9.17) is 9.15 Å². The lowest BCUT2D eigenvalue weighted by molar-refractivity contribution is -0.545. The molecule has 0 aliphatic rings. The van der Waals surface area contributed by atoms with Gasteiger partial charge >= 0.3 is 6.39 Å². The SMILES string of the molecule is CCCCCCS(=O)(=O)Nc1cccc(N(C=C[n+]2coc3ccccc32)CCOC)c1. The molecule has 0 saturated carbocycles. The summed E-state index contributed by atoms with van der Waals surface area (Å²) in [5.74, 6) is 0.134. The quantitative estimate of drug-likeness (QED) is 0.299. The van der Waals surface area contributed by atoms with Gasteiger partial charge < -0.3 is 14.1 Å². The molecule has 8 heteroatoms. The largest absolute Gasteiger partial charge is 0.403 e. The molecule has 0 radical (unpaired) electrons.